The number of nitrogens with zero attached hydrogens (tertiary/aromatic N) is 1. The molecule has 2 N–H and O–H groups in total. The lowest BCUT2D eigenvalue weighted by molar-refractivity contribution is -0.124. The first kappa shape index (κ1) is 23.8. The Hall–Kier alpha value is -2.81. The number of amides is 4. The molecule has 0 radical (unpaired) electrons. The maximum atomic E-state index is 12.5. The van der Waals surface area contributed by atoms with Gasteiger partial charge in [0.05, 0.1) is 11.4 Å². The number of benzene rings is 2. The van der Waals surface area contributed by atoms with Crippen LogP contribution in [0.4, 0.5) is 4.79 Å². The number of hydrogen-bond acceptors (Lipinski definition) is 5. The minimum atomic E-state index is -0.465. The van der Waals surface area contributed by atoms with Crippen LogP contribution in [0.15, 0.2) is 47.4 Å². The zero-order valence-corrected chi connectivity index (χ0v) is 19.3. The van der Waals surface area contributed by atoms with E-state index in [1.165, 1.54) is 6.08 Å². The first-order valence-corrected chi connectivity index (χ1v) is 11.1. The van der Waals surface area contributed by atoms with Crippen LogP contribution in [0.25, 0.3) is 6.08 Å². The number of rotatable bonds is 7. The van der Waals surface area contributed by atoms with Gasteiger partial charge in [0.15, 0.2) is 0 Å². The van der Waals surface area contributed by atoms with Crippen molar-refractivity contribution in [1.29, 1.82) is 0 Å². The number of halogens is 2. The molecule has 1 aliphatic heterocycles. The molecule has 2 aromatic carbocycles. The number of nitrogens with one attached hydrogen (secondary N) is 2. The summed E-state index contributed by atoms with van der Waals surface area (Å²) >= 11 is 12.8. The van der Waals surface area contributed by atoms with E-state index >= 15 is 0 Å². The Morgan fingerprint density at radius 2 is 1.78 bits per heavy atom. The van der Waals surface area contributed by atoms with Crippen LogP contribution >= 0.6 is 35.0 Å². The second-order valence-electron chi connectivity index (χ2n) is 6.90. The van der Waals surface area contributed by atoms with Gasteiger partial charge >= 0.3 is 0 Å². The lowest BCUT2D eigenvalue weighted by Crippen LogP contribution is -2.41. The van der Waals surface area contributed by atoms with Gasteiger partial charge in [0, 0.05) is 28.7 Å². The van der Waals surface area contributed by atoms with Crippen molar-refractivity contribution in [3.63, 3.8) is 0 Å². The molecule has 1 heterocycles. The normalized spacial score (nSPS) is 14.7. The Morgan fingerprint density at radius 3 is 2.47 bits per heavy atom. The summed E-state index contributed by atoms with van der Waals surface area (Å²) in [4.78, 5) is 50.1. The summed E-state index contributed by atoms with van der Waals surface area (Å²) in [6, 6.07) is 11.8. The molecule has 2 aromatic rings. The van der Waals surface area contributed by atoms with E-state index in [9.17, 15) is 19.2 Å². The van der Waals surface area contributed by atoms with Gasteiger partial charge < -0.3 is 10.6 Å². The second-order valence-corrected chi connectivity index (χ2v) is 8.73. The van der Waals surface area contributed by atoms with Gasteiger partial charge in [-0.2, -0.15) is 0 Å². The molecule has 1 aliphatic rings. The van der Waals surface area contributed by atoms with Crippen molar-refractivity contribution in [2.24, 2.45) is 0 Å². The third kappa shape index (κ3) is 6.12. The summed E-state index contributed by atoms with van der Waals surface area (Å²) in [7, 11) is 0. The molecule has 0 saturated carbocycles. The fourth-order valence-corrected chi connectivity index (χ4v) is 4.11. The molecule has 1 fully saturated rings. The zero-order chi connectivity index (χ0) is 23.3. The molecule has 166 valence electrons. The van der Waals surface area contributed by atoms with Crippen LogP contribution in [0, 0.1) is 6.92 Å². The predicted octanol–water partition coefficient (Wildman–Crippen LogP) is 3.88. The number of hydrogen-bond donors (Lipinski definition) is 2. The molecule has 1 saturated heterocycles. The predicted molar refractivity (Wildman–Crippen MR) is 126 cm³/mol. The van der Waals surface area contributed by atoms with Crippen LogP contribution in [0.5, 0.6) is 0 Å². The number of imide groups is 1. The third-order valence-electron chi connectivity index (χ3n) is 4.50. The monoisotopic (exact) mass is 491 g/mol. The molecule has 7 nitrogen and oxygen atoms in total. The van der Waals surface area contributed by atoms with Gasteiger partial charge in [0.25, 0.3) is 17.1 Å². The van der Waals surface area contributed by atoms with E-state index in [-0.39, 0.29) is 30.4 Å². The second kappa shape index (κ2) is 10.7. The molecular weight excluding hydrogens is 473 g/mol. The molecular formula is C22H19Cl2N3O4S. The highest BCUT2D eigenvalue weighted by atomic mass is 35.5. The third-order valence-corrected chi connectivity index (χ3v) is 5.97. The van der Waals surface area contributed by atoms with Crippen LogP contribution in [0.2, 0.25) is 10.0 Å². The minimum absolute atomic E-state index is 0.00794. The van der Waals surface area contributed by atoms with Crippen molar-refractivity contribution in [2.75, 3.05) is 19.6 Å². The maximum absolute atomic E-state index is 12.5. The van der Waals surface area contributed by atoms with E-state index in [1.807, 2.05) is 6.92 Å². The molecule has 0 unspecified atom stereocenters. The van der Waals surface area contributed by atoms with Crippen molar-refractivity contribution in [3.8, 4) is 0 Å². The van der Waals surface area contributed by atoms with Gasteiger partial charge in [-0.3, -0.25) is 24.1 Å². The quantitative estimate of drug-likeness (QED) is 0.572. The van der Waals surface area contributed by atoms with Crippen molar-refractivity contribution in [3.05, 3.63) is 74.1 Å². The first-order chi connectivity index (χ1) is 15.2. The first-order valence-electron chi connectivity index (χ1n) is 9.56. The lowest BCUT2D eigenvalue weighted by atomic mass is 10.1. The molecule has 0 bridgehead atoms. The topological polar surface area (TPSA) is 95.6 Å². The SMILES string of the molecule is Cc1ccc(C(=O)NCC(=O)NCCN2C(=O)S/C(=C\c3ccc(Cl)cc3Cl)C2=O)cc1. The maximum Gasteiger partial charge on any atom is 0.293 e. The highest BCUT2D eigenvalue weighted by Gasteiger charge is 2.34. The van der Waals surface area contributed by atoms with Crippen LogP contribution in [-0.2, 0) is 9.59 Å². The van der Waals surface area contributed by atoms with E-state index in [0.29, 0.717) is 21.2 Å². The minimum Gasteiger partial charge on any atom is -0.353 e. The van der Waals surface area contributed by atoms with Gasteiger partial charge in [-0.25, -0.2) is 0 Å². The lowest BCUT2D eigenvalue weighted by Gasteiger charge is -2.13. The average molecular weight is 492 g/mol. The van der Waals surface area contributed by atoms with E-state index in [2.05, 4.69) is 10.6 Å². The Labute approximate surface area is 199 Å². The fourth-order valence-electron chi connectivity index (χ4n) is 2.79. The summed E-state index contributed by atoms with van der Waals surface area (Å²) in [6.45, 7) is 1.76. The Balaban J connectivity index is 1.48. The number of aryl methyl sites for hydroxylation is 1. The van der Waals surface area contributed by atoms with Crippen LogP contribution in [0.3, 0.4) is 0 Å². The molecule has 4 amide bonds. The molecule has 0 aliphatic carbocycles. The van der Waals surface area contributed by atoms with Crippen molar-refractivity contribution in [1.82, 2.24) is 15.5 Å². The largest absolute Gasteiger partial charge is 0.353 e. The van der Waals surface area contributed by atoms with E-state index in [1.54, 1.807) is 42.5 Å². The summed E-state index contributed by atoms with van der Waals surface area (Å²) in [5.74, 6) is -1.26. The number of carbonyl (C=O) groups excluding carboxylic acids is 4. The molecule has 32 heavy (non-hydrogen) atoms. The Bertz CT molecular complexity index is 1100. The summed E-state index contributed by atoms with van der Waals surface area (Å²) < 4.78 is 0. The fraction of sp³-hybridized carbons (Fsp3) is 0.182. The van der Waals surface area contributed by atoms with Crippen molar-refractivity contribution in [2.45, 2.75) is 6.92 Å². The van der Waals surface area contributed by atoms with Crippen LogP contribution in [0.1, 0.15) is 21.5 Å². The highest BCUT2D eigenvalue weighted by molar-refractivity contribution is 8.18. The Kier molecular flexibility index (Phi) is 7.95. The van der Waals surface area contributed by atoms with Crippen LogP contribution < -0.4 is 10.6 Å². The molecule has 10 heteroatoms. The highest BCUT2D eigenvalue weighted by Crippen LogP contribution is 2.33. The molecule has 0 atom stereocenters. The molecule has 0 aromatic heterocycles. The van der Waals surface area contributed by atoms with E-state index in [4.69, 9.17) is 23.2 Å². The van der Waals surface area contributed by atoms with Gasteiger partial charge in [-0.05, 0) is 54.6 Å². The van der Waals surface area contributed by atoms with Gasteiger partial charge in [0.1, 0.15) is 0 Å². The zero-order valence-electron chi connectivity index (χ0n) is 17.0. The number of thioether (sulfide) groups is 1. The number of carbonyl (C=O) groups is 4. The van der Waals surface area contributed by atoms with Gasteiger partial charge in [0.2, 0.25) is 5.91 Å². The van der Waals surface area contributed by atoms with Gasteiger partial charge in [-0.1, -0.05) is 47.0 Å². The summed E-state index contributed by atoms with van der Waals surface area (Å²) in [5.41, 5.74) is 2.05. The average Bonchev–Trinajstić information content (AvgIpc) is 3.02. The van der Waals surface area contributed by atoms with E-state index < -0.39 is 17.1 Å². The summed E-state index contributed by atoms with van der Waals surface area (Å²) in [6.07, 6.45) is 1.53. The van der Waals surface area contributed by atoms with Crippen molar-refractivity contribution < 1.29 is 19.2 Å². The van der Waals surface area contributed by atoms with Crippen LogP contribution in [-0.4, -0.2) is 47.5 Å². The standard InChI is InChI=1S/C22H19Cl2N3O4S/c1-13-2-4-14(5-3-13)20(29)26-12-19(28)25-8-9-27-21(30)18(32-22(27)31)10-15-6-7-16(23)11-17(15)24/h2-7,10-11H,8-9,12H2,1H3,(H,25,28)(H,26,29)/b18-10-. The van der Waals surface area contributed by atoms with Crippen molar-refractivity contribution >= 4 is 64.0 Å². The Morgan fingerprint density at radius 1 is 1.06 bits per heavy atom. The summed E-state index contributed by atoms with van der Waals surface area (Å²) in [5, 5.41) is 5.50. The van der Waals surface area contributed by atoms with Gasteiger partial charge in [-0.15, -0.1) is 0 Å². The molecule has 0 spiro atoms. The smallest absolute Gasteiger partial charge is 0.293 e. The molecule has 3 rings (SSSR count). The van der Waals surface area contributed by atoms with E-state index in [0.717, 1.165) is 22.2 Å².